The van der Waals surface area contributed by atoms with Gasteiger partial charge in [0.05, 0.1) is 11.7 Å². The molecule has 0 aromatic carbocycles. The summed E-state index contributed by atoms with van der Waals surface area (Å²) in [6, 6.07) is 4.14. The Labute approximate surface area is 127 Å². The number of ether oxygens (including phenoxy) is 1. The normalized spacial score (nSPS) is 16.0. The second-order valence-corrected chi connectivity index (χ2v) is 6.20. The average molecular weight is 306 g/mol. The van der Waals surface area contributed by atoms with Crippen LogP contribution >= 0.6 is 11.3 Å². The van der Waals surface area contributed by atoms with Crippen LogP contribution in [-0.4, -0.2) is 20.9 Å². The van der Waals surface area contributed by atoms with Crippen molar-refractivity contribution in [2.24, 2.45) is 0 Å². The Bertz CT molecular complexity index is 614. The Balaban J connectivity index is 1.62. The molecule has 0 radical (unpaired) electrons. The van der Waals surface area contributed by atoms with Crippen LogP contribution in [0.4, 0.5) is 0 Å². The van der Waals surface area contributed by atoms with Crippen LogP contribution in [0, 0.1) is 0 Å². The number of carbonyl (C=O) groups is 1. The summed E-state index contributed by atoms with van der Waals surface area (Å²) < 4.78 is 7.61. The molecule has 5 nitrogen and oxygen atoms in total. The summed E-state index contributed by atoms with van der Waals surface area (Å²) in [6.07, 6.45) is 8.25. The largest absolute Gasteiger partial charge is 0.485 e. The summed E-state index contributed by atoms with van der Waals surface area (Å²) in [7, 11) is 0. The zero-order valence-corrected chi connectivity index (χ0v) is 12.5. The predicted molar refractivity (Wildman–Crippen MR) is 80.0 cm³/mol. The van der Waals surface area contributed by atoms with Crippen molar-refractivity contribution in [2.45, 2.75) is 44.8 Å². The van der Waals surface area contributed by atoms with E-state index in [9.17, 15) is 4.79 Å². The first-order valence-corrected chi connectivity index (χ1v) is 8.09. The molecule has 0 unspecified atom stereocenters. The monoisotopic (exact) mass is 306 g/mol. The van der Waals surface area contributed by atoms with Gasteiger partial charge in [0.1, 0.15) is 12.4 Å². The topological polar surface area (TPSA) is 64.3 Å². The highest BCUT2D eigenvalue weighted by Crippen LogP contribution is 2.28. The molecule has 3 rings (SSSR count). The van der Waals surface area contributed by atoms with Crippen LogP contribution in [0.5, 0.6) is 5.75 Å². The number of carboxylic acid groups (broad SMARTS) is 1. The van der Waals surface area contributed by atoms with Crippen LogP contribution in [-0.2, 0) is 6.61 Å². The van der Waals surface area contributed by atoms with Gasteiger partial charge in [0.2, 0.25) is 0 Å². The number of carboxylic acids is 1. The minimum absolute atomic E-state index is 0.238. The molecule has 2 aromatic rings. The van der Waals surface area contributed by atoms with Crippen molar-refractivity contribution < 1.29 is 14.6 Å². The summed E-state index contributed by atoms with van der Waals surface area (Å²) in [5, 5.41) is 15.3. The molecule has 1 saturated carbocycles. The van der Waals surface area contributed by atoms with Crippen molar-refractivity contribution in [3.05, 3.63) is 34.3 Å². The average Bonchev–Trinajstić information content (AvgIpc) is 3.15. The fraction of sp³-hybridized carbons (Fsp3) is 0.467. The van der Waals surface area contributed by atoms with Crippen LogP contribution in [0.2, 0.25) is 0 Å². The number of hydrogen-bond acceptors (Lipinski definition) is 4. The number of hydrogen-bond donors (Lipinski definition) is 1. The van der Waals surface area contributed by atoms with Gasteiger partial charge in [-0.2, -0.15) is 5.10 Å². The van der Waals surface area contributed by atoms with E-state index in [0.29, 0.717) is 18.4 Å². The second kappa shape index (κ2) is 6.30. The van der Waals surface area contributed by atoms with E-state index in [2.05, 4.69) is 5.10 Å². The molecule has 2 heterocycles. The highest BCUT2D eigenvalue weighted by atomic mass is 32.1. The quantitative estimate of drug-likeness (QED) is 0.914. The van der Waals surface area contributed by atoms with Gasteiger partial charge in [0.15, 0.2) is 4.88 Å². The fourth-order valence-electron chi connectivity index (χ4n) is 2.72. The van der Waals surface area contributed by atoms with Gasteiger partial charge in [-0.3, -0.25) is 4.68 Å². The van der Waals surface area contributed by atoms with Crippen molar-refractivity contribution in [3.63, 3.8) is 0 Å². The Morgan fingerprint density at radius 3 is 2.95 bits per heavy atom. The third kappa shape index (κ3) is 3.26. The molecule has 112 valence electrons. The van der Waals surface area contributed by atoms with E-state index < -0.39 is 5.97 Å². The lowest BCUT2D eigenvalue weighted by atomic mass is 9.96. The van der Waals surface area contributed by atoms with Gasteiger partial charge in [-0.1, -0.05) is 19.3 Å². The molecule has 0 atom stereocenters. The highest BCUT2D eigenvalue weighted by molar-refractivity contribution is 7.12. The summed E-state index contributed by atoms with van der Waals surface area (Å²) in [5.74, 6) is -0.535. The predicted octanol–water partition coefficient (Wildman–Crippen LogP) is 3.73. The molecular weight excluding hydrogens is 288 g/mol. The molecule has 1 aliphatic carbocycles. The maximum atomic E-state index is 11.0. The third-order valence-corrected chi connectivity index (χ3v) is 4.69. The maximum absolute atomic E-state index is 11.0. The zero-order chi connectivity index (χ0) is 14.7. The summed E-state index contributed by atoms with van der Waals surface area (Å²) >= 11 is 1.17. The van der Waals surface area contributed by atoms with E-state index in [4.69, 9.17) is 9.84 Å². The van der Waals surface area contributed by atoms with Crippen molar-refractivity contribution >= 4 is 17.3 Å². The van der Waals surface area contributed by atoms with Crippen LogP contribution in [0.25, 0.3) is 0 Å². The first kappa shape index (κ1) is 14.1. The lowest BCUT2D eigenvalue weighted by Gasteiger charge is -2.21. The molecular formula is C15H18N2O3S. The Morgan fingerprint density at radius 1 is 1.38 bits per heavy atom. The van der Waals surface area contributed by atoms with Gasteiger partial charge in [0, 0.05) is 6.20 Å². The number of nitrogens with zero attached hydrogens (tertiary/aromatic N) is 2. The lowest BCUT2D eigenvalue weighted by Crippen LogP contribution is -2.13. The van der Waals surface area contributed by atoms with Crippen LogP contribution in [0.3, 0.4) is 0 Å². The van der Waals surface area contributed by atoms with Gasteiger partial charge in [-0.15, -0.1) is 11.3 Å². The Morgan fingerprint density at radius 2 is 2.19 bits per heavy atom. The minimum atomic E-state index is -0.951. The lowest BCUT2D eigenvalue weighted by molar-refractivity contribution is 0.0697. The van der Waals surface area contributed by atoms with Crippen LogP contribution < -0.4 is 4.74 Å². The van der Waals surface area contributed by atoms with Crippen molar-refractivity contribution in [1.29, 1.82) is 0 Å². The molecule has 21 heavy (non-hydrogen) atoms. The van der Waals surface area contributed by atoms with E-state index in [1.54, 1.807) is 11.4 Å². The molecule has 6 heteroatoms. The minimum Gasteiger partial charge on any atom is -0.485 e. The number of aromatic nitrogens is 2. The van der Waals surface area contributed by atoms with E-state index in [-0.39, 0.29) is 4.88 Å². The molecule has 2 aromatic heterocycles. The fourth-order valence-corrected chi connectivity index (χ4v) is 3.39. The third-order valence-electron chi connectivity index (χ3n) is 3.81. The van der Waals surface area contributed by atoms with E-state index >= 15 is 0 Å². The molecule has 0 saturated heterocycles. The van der Waals surface area contributed by atoms with Crippen molar-refractivity contribution in [2.75, 3.05) is 0 Å². The summed E-state index contributed by atoms with van der Waals surface area (Å²) in [5.41, 5.74) is 0.836. The zero-order valence-electron chi connectivity index (χ0n) is 11.7. The first-order chi connectivity index (χ1) is 10.2. The summed E-state index contributed by atoms with van der Waals surface area (Å²) in [6.45, 7) is 0.302. The van der Waals surface area contributed by atoms with E-state index in [0.717, 1.165) is 5.69 Å². The van der Waals surface area contributed by atoms with Crippen molar-refractivity contribution in [3.8, 4) is 5.75 Å². The van der Waals surface area contributed by atoms with E-state index in [1.807, 2.05) is 16.9 Å². The van der Waals surface area contributed by atoms with Gasteiger partial charge < -0.3 is 9.84 Å². The molecule has 0 aliphatic heterocycles. The molecule has 1 N–H and O–H groups in total. The number of thiophene rings is 1. The second-order valence-electron chi connectivity index (χ2n) is 5.29. The Kier molecular flexibility index (Phi) is 4.24. The molecule has 1 aliphatic rings. The number of aromatic carboxylic acids is 1. The molecule has 1 fully saturated rings. The SMILES string of the molecule is O=C(O)c1sccc1OCc1ccn(C2CCCCC2)n1. The standard InChI is InChI=1S/C15H18N2O3S/c18-15(19)14-13(7-9-21-14)20-10-11-6-8-17(16-11)12-4-2-1-3-5-12/h6-9,12H,1-5,10H2,(H,18,19). The van der Waals surface area contributed by atoms with Crippen LogP contribution in [0.1, 0.15) is 53.5 Å². The highest BCUT2D eigenvalue weighted by Gasteiger charge is 2.17. The van der Waals surface area contributed by atoms with Crippen LogP contribution in [0.15, 0.2) is 23.7 Å². The number of rotatable bonds is 5. The molecule has 0 bridgehead atoms. The summed E-state index contributed by atoms with van der Waals surface area (Å²) in [4.78, 5) is 11.3. The Hall–Kier alpha value is -1.82. The van der Waals surface area contributed by atoms with Gasteiger partial charge in [-0.05, 0) is 30.4 Å². The van der Waals surface area contributed by atoms with Crippen molar-refractivity contribution in [1.82, 2.24) is 9.78 Å². The van der Waals surface area contributed by atoms with E-state index in [1.165, 1.54) is 43.4 Å². The molecule has 0 spiro atoms. The maximum Gasteiger partial charge on any atom is 0.349 e. The van der Waals surface area contributed by atoms with Gasteiger partial charge in [0.25, 0.3) is 0 Å². The van der Waals surface area contributed by atoms with Gasteiger partial charge >= 0.3 is 5.97 Å². The first-order valence-electron chi connectivity index (χ1n) is 7.21. The molecule has 0 amide bonds. The smallest absolute Gasteiger partial charge is 0.349 e. The van der Waals surface area contributed by atoms with Gasteiger partial charge in [-0.25, -0.2) is 4.79 Å².